The highest BCUT2D eigenvalue weighted by molar-refractivity contribution is 7.99. The minimum absolute atomic E-state index is 0.141. The van der Waals surface area contributed by atoms with Crippen molar-refractivity contribution in [1.29, 1.82) is 0 Å². The number of carbonyl (C=O) groups excluding carboxylic acids is 1. The number of aromatic nitrogens is 1. The van der Waals surface area contributed by atoms with E-state index in [2.05, 4.69) is 23.7 Å². The summed E-state index contributed by atoms with van der Waals surface area (Å²) in [7, 11) is 0. The number of rotatable bonds is 3. The van der Waals surface area contributed by atoms with E-state index in [1.807, 2.05) is 18.7 Å². The van der Waals surface area contributed by atoms with Gasteiger partial charge < -0.3 is 15.2 Å². The summed E-state index contributed by atoms with van der Waals surface area (Å²) in [4.78, 5) is 19.8. The van der Waals surface area contributed by atoms with E-state index in [9.17, 15) is 4.79 Å². The van der Waals surface area contributed by atoms with E-state index in [4.69, 9.17) is 15.2 Å². The molecule has 6 nitrogen and oxygen atoms in total. The van der Waals surface area contributed by atoms with Crippen molar-refractivity contribution in [2.75, 3.05) is 43.5 Å². The van der Waals surface area contributed by atoms with E-state index in [0.29, 0.717) is 17.2 Å². The van der Waals surface area contributed by atoms with Crippen LogP contribution in [-0.4, -0.2) is 43.6 Å². The Kier molecular flexibility index (Phi) is 4.98. The second kappa shape index (κ2) is 7.14. The number of H-pyrrole nitrogens is 1. The lowest BCUT2D eigenvalue weighted by molar-refractivity contribution is -0.328. The fourth-order valence-corrected chi connectivity index (χ4v) is 5.94. The molecule has 1 fully saturated rings. The molecule has 0 unspecified atom stereocenters. The second-order valence-corrected chi connectivity index (χ2v) is 10.2. The molecule has 0 aliphatic carbocycles. The fraction of sp³-hybridized carbons (Fsp3) is 0.579. The van der Waals surface area contributed by atoms with Crippen LogP contribution in [-0.2, 0) is 21.6 Å². The van der Waals surface area contributed by atoms with Crippen LogP contribution in [0.5, 0.6) is 0 Å². The average Bonchev–Trinajstić information content (AvgIpc) is 2.98. The lowest BCUT2D eigenvalue weighted by atomic mass is 9.94. The van der Waals surface area contributed by atoms with E-state index in [1.54, 1.807) is 0 Å². The van der Waals surface area contributed by atoms with Gasteiger partial charge in [-0.15, -0.1) is 0 Å². The van der Waals surface area contributed by atoms with E-state index in [-0.39, 0.29) is 10.7 Å². The van der Waals surface area contributed by atoms with Gasteiger partial charge in [0.05, 0.1) is 36.5 Å². The van der Waals surface area contributed by atoms with Crippen molar-refractivity contribution >= 4 is 50.8 Å². The summed E-state index contributed by atoms with van der Waals surface area (Å²) in [5.74, 6) is 1.75. The van der Waals surface area contributed by atoms with E-state index >= 15 is 0 Å². The number of ether oxygens (including phenoxy) is 2. The Morgan fingerprint density at radius 2 is 2.07 bits per heavy atom. The first-order chi connectivity index (χ1) is 12.9. The van der Waals surface area contributed by atoms with Crippen LogP contribution in [0, 0.1) is 0 Å². The van der Waals surface area contributed by atoms with Gasteiger partial charge in [-0.05, 0) is 18.9 Å². The Morgan fingerprint density at radius 1 is 1.33 bits per heavy atom. The second-order valence-electron chi connectivity index (χ2n) is 7.52. The molecule has 0 amide bonds. The lowest BCUT2D eigenvalue weighted by Gasteiger charge is -2.32. The number of fused-ring (bicyclic) bond motifs is 3. The zero-order valence-corrected chi connectivity index (χ0v) is 17.6. The first-order valence-corrected chi connectivity index (χ1v) is 11.1. The summed E-state index contributed by atoms with van der Waals surface area (Å²) in [5, 5.41) is 1.00. The molecule has 146 valence electrons. The summed E-state index contributed by atoms with van der Waals surface area (Å²) in [6.07, 6.45) is 0.929. The number of hydrogen-bond donors (Lipinski definition) is 1. The SMILES string of the molecule is CCOC(=O)c1sc2[nH+]c(N3CCOCC3)c3c(c2c1N)CC(C)(C)SC3. The maximum Gasteiger partial charge on any atom is 0.350 e. The Balaban J connectivity index is 1.91. The molecular weight excluding hydrogens is 382 g/mol. The number of morpholine rings is 1. The number of aromatic amines is 1. The summed E-state index contributed by atoms with van der Waals surface area (Å²) >= 11 is 3.37. The molecule has 0 saturated carbocycles. The van der Waals surface area contributed by atoms with Gasteiger partial charge in [0, 0.05) is 10.5 Å². The predicted molar refractivity (Wildman–Crippen MR) is 111 cm³/mol. The minimum atomic E-state index is -0.337. The molecule has 1 saturated heterocycles. The molecule has 3 N–H and O–H groups in total. The number of thiophene rings is 1. The number of esters is 1. The van der Waals surface area contributed by atoms with Gasteiger partial charge in [-0.25, -0.2) is 9.78 Å². The average molecular weight is 409 g/mol. The molecule has 0 bridgehead atoms. The van der Waals surface area contributed by atoms with Crippen LogP contribution in [0.25, 0.3) is 10.2 Å². The molecule has 0 atom stereocenters. The van der Waals surface area contributed by atoms with Crippen LogP contribution in [0.2, 0.25) is 0 Å². The number of nitrogen functional groups attached to an aromatic ring is 1. The molecule has 27 heavy (non-hydrogen) atoms. The summed E-state index contributed by atoms with van der Waals surface area (Å²) < 4.78 is 10.9. The molecule has 2 aliphatic heterocycles. The molecule has 2 aromatic rings. The first-order valence-electron chi connectivity index (χ1n) is 9.34. The number of thioether (sulfide) groups is 1. The van der Waals surface area contributed by atoms with E-state index in [0.717, 1.165) is 54.5 Å². The Morgan fingerprint density at radius 3 is 2.78 bits per heavy atom. The van der Waals surface area contributed by atoms with Gasteiger partial charge in [-0.2, -0.15) is 11.8 Å². The van der Waals surface area contributed by atoms with Crippen LogP contribution in [0.15, 0.2) is 0 Å². The summed E-state index contributed by atoms with van der Waals surface area (Å²) in [6.45, 7) is 9.91. The van der Waals surface area contributed by atoms with Crippen molar-refractivity contribution in [3.05, 3.63) is 16.0 Å². The van der Waals surface area contributed by atoms with Crippen LogP contribution in [0.4, 0.5) is 11.5 Å². The maximum atomic E-state index is 12.4. The van der Waals surface area contributed by atoms with E-state index < -0.39 is 0 Å². The van der Waals surface area contributed by atoms with Gasteiger partial charge >= 0.3 is 5.97 Å². The number of nitrogens with two attached hydrogens (primary N) is 1. The van der Waals surface area contributed by atoms with Crippen molar-refractivity contribution in [2.24, 2.45) is 0 Å². The third kappa shape index (κ3) is 3.39. The third-order valence-corrected chi connectivity index (χ3v) is 7.59. The van der Waals surface area contributed by atoms with Crippen molar-refractivity contribution in [3.8, 4) is 0 Å². The Labute approximate surface area is 167 Å². The number of hydrogen-bond acceptors (Lipinski definition) is 7. The topological polar surface area (TPSA) is 78.9 Å². The van der Waals surface area contributed by atoms with Crippen LogP contribution in [0.1, 0.15) is 41.6 Å². The first kappa shape index (κ1) is 18.8. The molecule has 4 heterocycles. The van der Waals surface area contributed by atoms with E-state index in [1.165, 1.54) is 22.5 Å². The van der Waals surface area contributed by atoms with Crippen molar-refractivity contribution in [1.82, 2.24) is 0 Å². The normalized spacial score (nSPS) is 19.1. The minimum Gasteiger partial charge on any atom is -0.462 e. The summed E-state index contributed by atoms with van der Waals surface area (Å²) in [5.41, 5.74) is 9.60. The monoisotopic (exact) mass is 408 g/mol. The third-order valence-electron chi connectivity index (χ3n) is 5.13. The number of pyridine rings is 1. The summed E-state index contributed by atoms with van der Waals surface area (Å²) in [6, 6.07) is 0. The fourth-order valence-electron chi connectivity index (χ4n) is 3.81. The highest BCUT2D eigenvalue weighted by atomic mass is 32.2. The number of anilines is 2. The smallest absolute Gasteiger partial charge is 0.350 e. The van der Waals surface area contributed by atoms with Crippen molar-refractivity contribution < 1.29 is 19.3 Å². The highest BCUT2D eigenvalue weighted by Gasteiger charge is 2.36. The van der Waals surface area contributed by atoms with Gasteiger partial charge in [-0.3, -0.25) is 4.90 Å². The molecule has 2 aromatic heterocycles. The molecule has 0 spiro atoms. The number of nitrogens with one attached hydrogen (secondary N) is 1. The Hall–Kier alpha value is -1.51. The quantitative estimate of drug-likeness (QED) is 0.787. The Bertz CT molecular complexity index is 888. The van der Waals surface area contributed by atoms with Gasteiger partial charge in [-0.1, -0.05) is 25.2 Å². The van der Waals surface area contributed by atoms with Gasteiger partial charge in [0.2, 0.25) is 0 Å². The van der Waals surface area contributed by atoms with Crippen LogP contribution >= 0.6 is 23.1 Å². The molecule has 0 aromatic carbocycles. The standard InChI is InChI=1S/C19H25N3O3S2/c1-4-25-18(23)15-14(20)13-11-9-19(2,3)26-10-12(11)16(21-17(13)27-15)22-5-7-24-8-6-22/h4-10,20H2,1-3H3/p+1. The van der Waals surface area contributed by atoms with Crippen molar-refractivity contribution in [2.45, 2.75) is 37.7 Å². The number of carbonyl (C=O) groups is 1. The molecular formula is C19H26N3O3S2+. The molecule has 0 radical (unpaired) electrons. The zero-order chi connectivity index (χ0) is 19.2. The van der Waals surface area contributed by atoms with Crippen LogP contribution < -0.4 is 15.6 Å². The zero-order valence-electron chi connectivity index (χ0n) is 16.0. The van der Waals surface area contributed by atoms with Crippen LogP contribution in [0.3, 0.4) is 0 Å². The van der Waals surface area contributed by atoms with Gasteiger partial charge in [0.25, 0.3) is 5.82 Å². The lowest BCUT2D eigenvalue weighted by Crippen LogP contribution is -2.41. The van der Waals surface area contributed by atoms with Crippen molar-refractivity contribution in [3.63, 3.8) is 0 Å². The molecule has 2 aliphatic rings. The maximum absolute atomic E-state index is 12.4. The van der Waals surface area contributed by atoms with Gasteiger partial charge in [0.15, 0.2) is 4.83 Å². The molecule has 8 heteroatoms. The largest absolute Gasteiger partial charge is 0.462 e. The highest BCUT2D eigenvalue weighted by Crippen LogP contribution is 2.46. The molecule has 4 rings (SSSR count). The number of nitrogens with zero attached hydrogens (tertiary/aromatic N) is 1. The van der Waals surface area contributed by atoms with Gasteiger partial charge in [0.1, 0.15) is 18.0 Å². The predicted octanol–water partition coefficient (Wildman–Crippen LogP) is 2.88.